The Balaban J connectivity index is 3.37. The first-order valence-corrected chi connectivity index (χ1v) is 5.09. The Hall–Kier alpha value is -1.63. The van der Waals surface area contributed by atoms with Gasteiger partial charge in [0.1, 0.15) is 0 Å². The molecular formula is C9H18N4O3. The largest absolute Gasteiger partial charge is 0.354 e. The van der Waals surface area contributed by atoms with E-state index in [2.05, 4.69) is 21.5 Å². The van der Waals surface area contributed by atoms with Gasteiger partial charge in [-0.25, -0.2) is 5.43 Å². The Morgan fingerprint density at radius 1 is 1.00 bits per heavy atom. The molecule has 0 unspecified atom stereocenters. The molecule has 0 radical (unpaired) electrons. The van der Waals surface area contributed by atoms with Gasteiger partial charge in [0.15, 0.2) is 0 Å². The third-order valence-electron chi connectivity index (χ3n) is 1.60. The molecule has 0 spiro atoms. The Morgan fingerprint density at radius 2 is 1.56 bits per heavy atom. The van der Waals surface area contributed by atoms with E-state index in [9.17, 15) is 14.4 Å². The number of carbonyl (C=O) groups is 3. The molecule has 0 saturated carbocycles. The van der Waals surface area contributed by atoms with Gasteiger partial charge in [-0.2, -0.15) is 0 Å². The number of hydrogen-bond donors (Lipinski definition) is 4. The zero-order valence-corrected chi connectivity index (χ0v) is 9.55. The lowest BCUT2D eigenvalue weighted by Gasteiger charge is -2.07. The van der Waals surface area contributed by atoms with Crippen LogP contribution in [0.4, 0.5) is 0 Å². The second-order valence-corrected chi connectivity index (χ2v) is 3.09. The van der Waals surface area contributed by atoms with Gasteiger partial charge in [0, 0.05) is 26.4 Å². The zero-order chi connectivity index (χ0) is 12.4. The third-order valence-corrected chi connectivity index (χ3v) is 1.60. The van der Waals surface area contributed by atoms with Gasteiger partial charge < -0.3 is 10.6 Å². The van der Waals surface area contributed by atoms with Gasteiger partial charge in [-0.15, -0.1) is 0 Å². The van der Waals surface area contributed by atoms with Crippen molar-refractivity contribution in [2.45, 2.75) is 20.3 Å². The number of amides is 3. The molecule has 0 aliphatic heterocycles. The molecule has 3 amide bonds. The van der Waals surface area contributed by atoms with Crippen molar-refractivity contribution in [1.29, 1.82) is 0 Å². The number of nitrogens with one attached hydrogen (secondary N) is 4. The summed E-state index contributed by atoms with van der Waals surface area (Å²) in [6, 6.07) is 0. The van der Waals surface area contributed by atoms with E-state index in [-0.39, 0.29) is 24.3 Å². The van der Waals surface area contributed by atoms with Gasteiger partial charge in [0.05, 0.1) is 6.54 Å². The normalized spacial score (nSPS) is 9.38. The minimum Gasteiger partial charge on any atom is -0.354 e. The van der Waals surface area contributed by atoms with E-state index >= 15 is 0 Å². The molecule has 7 heteroatoms. The van der Waals surface area contributed by atoms with E-state index in [1.807, 2.05) is 0 Å². The monoisotopic (exact) mass is 230 g/mol. The summed E-state index contributed by atoms with van der Waals surface area (Å²) in [5.74, 6) is -0.562. The van der Waals surface area contributed by atoms with Gasteiger partial charge >= 0.3 is 0 Å². The van der Waals surface area contributed by atoms with Gasteiger partial charge in [-0.05, 0) is 0 Å². The van der Waals surface area contributed by atoms with Crippen molar-refractivity contribution in [2.24, 2.45) is 0 Å². The van der Waals surface area contributed by atoms with Crippen LogP contribution in [0.3, 0.4) is 0 Å². The van der Waals surface area contributed by atoms with Crippen LogP contribution < -0.4 is 21.5 Å². The zero-order valence-electron chi connectivity index (χ0n) is 9.55. The van der Waals surface area contributed by atoms with Crippen molar-refractivity contribution in [3.05, 3.63) is 0 Å². The Bertz CT molecular complexity index is 255. The Kier molecular flexibility index (Phi) is 7.78. The predicted molar refractivity (Wildman–Crippen MR) is 58.1 cm³/mol. The number of rotatable bonds is 7. The molecule has 0 atom stereocenters. The highest BCUT2D eigenvalue weighted by atomic mass is 16.2. The molecule has 92 valence electrons. The highest BCUT2D eigenvalue weighted by molar-refractivity contribution is 5.79. The van der Waals surface area contributed by atoms with Crippen molar-refractivity contribution in [1.82, 2.24) is 21.5 Å². The average Bonchev–Trinajstić information content (AvgIpc) is 2.23. The molecule has 0 fully saturated rings. The van der Waals surface area contributed by atoms with Crippen LogP contribution in [0.5, 0.6) is 0 Å². The lowest BCUT2D eigenvalue weighted by atomic mass is 10.4. The molecule has 0 bridgehead atoms. The summed E-state index contributed by atoms with van der Waals surface area (Å²) in [5.41, 5.74) is 4.72. The topological polar surface area (TPSA) is 99.3 Å². The molecule has 0 aliphatic rings. The van der Waals surface area contributed by atoms with Gasteiger partial charge in [0.2, 0.25) is 17.7 Å². The standard InChI is InChI=1S/C9H18N4O3/c1-3-8(15)10-4-5-11-9(16)6-12-13-7(2)14/h12H,3-6H2,1-2H3,(H,10,15)(H,11,16)(H,13,14). The van der Waals surface area contributed by atoms with Crippen LogP contribution in [0, 0.1) is 0 Å². The van der Waals surface area contributed by atoms with E-state index in [1.165, 1.54) is 6.92 Å². The Morgan fingerprint density at radius 3 is 2.06 bits per heavy atom. The smallest absolute Gasteiger partial charge is 0.235 e. The first-order chi connectivity index (χ1) is 7.56. The molecule has 0 aromatic heterocycles. The fraction of sp³-hybridized carbons (Fsp3) is 0.667. The maximum atomic E-state index is 11.1. The van der Waals surface area contributed by atoms with Crippen LogP contribution in [0.25, 0.3) is 0 Å². The maximum Gasteiger partial charge on any atom is 0.235 e. The second-order valence-electron chi connectivity index (χ2n) is 3.09. The van der Waals surface area contributed by atoms with Crippen molar-refractivity contribution in [3.8, 4) is 0 Å². The van der Waals surface area contributed by atoms with Crippen LogP contribution in [-0.4, -0.2) is 37.4 Å². The molecule has 0 aliphatic carbocycles. The lowest BCUT2D eigenvalue weighted by molar-refractivity contribution is -0.123. The van der Waals surface area contributed by atoms with E-state index in [0.717, 1.165) is 0 Å². The molecular weight excluding hydrogens is 212 g/mol. The van der Waals surface area contributed by atoms with Crippen LogP contribution in [0.15, 0.2) is 0 Å². The highest BCUT2D eigenvalue weighted by Gasteiger charge is 2.00. The van der Waals surface area contributed by atoms with E-state index in [0.29, 0.717) is 19.5 Å². The summed E-state index contributed by atoms with van der Waals surface area (Å²) in [7, 11) is 0. The third kappa shape index (κ3) is 8.95. The summed E-state index contributed by atoms with van der Waals surface area (Å²) in [6.07, 6.45) is 0.429. The van der Waals surface area contributed by atoms with Crippen molar-refractivity contribution in [3.63, 3.8) is 0 Å². The summed E-state index contributed by atoms with van der Waals surface area (Å²) >= 11 is 0. The minimum absolute atomic E-state index is 0.00129. The lowest BCUT2D eigenvalue weighted by Crippen LogP contribution is -2.44. The average molecular weight is 230 g/mol. The van der Waals surface area contributed by atoms with Crippen LogP contribution in [-0.2, 0) is 14.4 Å². The molecule has 0 saturated heterocycles. The number of carbonyl (C=O) groups excluding carboxylic acids is 3. The van der Waals surface area contributed by atoms with Gasteiger partial charge in [-0.3, -0.25) is 19.8 Å². The van der Waals surface area contributed by atoms with Crippen LogP contribution >= 0.6 is 0 Å². The molecule has 7 nitrogen and oxygen atoms in total. The molecule has 0 heterocycles. The van der Waals surface area contributed by atoms with Crippen molar-refractivity contribution >= 4 is 17.7 Å². The van der Waals surface area contributed by atoms with Crippen molar-refractivity contribution < 1.29 is 14.4 Å². The fourth-order valence-electron chi connectivity index (χ4n) is 0.840. The minimum atomic E-state index is -0.261. The molecule has 4 N–H and O–H groups in total. The molecule has 0 aromatic rings. The van der Waals surface area contributed by atoms with Crippen LogP contribution in [0.2, 0.25) is 0 Å². The van der Waals surface area contributed by atoms with E-state index < -0.39 is 0 Å². The fourth-order valence-corrected chi connectivity index (χ4v) is 0.840. The summed E-state index contributed by atoms with van der Waals surface area (Å²) in [6.45, 7) is 3.86. The Labute approximate surface area is 94.3 Å². The summed E-state index contributed by atoms with van der Waals surface area (Å²) in [5, 5.41) is 5.19. The first-order valence-electron chi connectivity index (χ1n) is 5.09. The summed E-state index contributed by atoms with van der Waals surface area (Å²) < 4.78 is 0. The van der Waals surface area contributed by atoms with Crippen molar-refractivity contribution in [2.75, 3.05) is 19.6 Å². The van der Waals surface area contributed by atoms with E-state index in [4.69, 9.17) is 0 Å². The predicted octanol–water partition coefficient (Wildman–Crippen LogP) is -1.73. The number of hydrogen-bond acceptors (Lipinski definition) is 4. The quantitative estimate of drug-likeness (QED) is 0.308. The molecule has 0 rings (SSSR count). The molecule has 16 heavy (non-hydrogen) atoms. The van der Waals surface area contributed by atoms with Gasteiger partial charge in [-0.1, -0.05) is 6.92 Å². The first kappa shape index (κ1) is 14.4. The highest BCUT2D eigenvalue weighted by Crippen LogP contribution is 1.72. The van der Waals surface area contributed by atoms with E-state index in [1.54, 1.807) is 6.92 Å². The second kappa shape index (κ2) is 8.66. The SMILES string of the molecule is CCC(=O)NCCNC(=O)CNNC(C)=O. The van der Waals surface area contributed by atoms with Crippen LogP contribution in [0.1, 0.15) is 20.3 Å². The molecule has 0 aromatic carbocycles. The maximum absolute atomic E-state index is 11.1. The van der Waals surface area contributed by atoms with Gasteiger partial charge in [0.25, 0.3) is 0 Å². The number of hydrazine groups is 1. The summed E-state index contributed by atoms with van der Waals surface area (Å²) in [4.78, 5) is 32.4.